The minimum atomic E-state index is -0.856. The SMILES string of the molecule is C=CCCCCCCCCC(CCCCCCCC)C(OCC)(OCC)OCC. The lowest BCUT2D eigenvalue weighted by Gasteiger charge is -2.39. The van der Waals surface area contributed by atoms with Crippen LogP contribution in [0.25, 0.3) is 0 Å². The van der Waals surface area contributed by atoms with Crippen molar-refractivity contribution >= 4 is 0 Å². The van der Waals surface area contributed by atoms with E-state index in [1.54, 1.807) is 0 Å². The van der Waals surface area contributed by atoms with Crippen molar-refractivity contribution in [3.63, 3.8) is 0 Å². The largest absolute Gasteiger partial charge is 0.328 e. The molecule has 0 aliphatic rings. The van der Waals surface area contributed by atoms with E-state index in [9.17, 15) is 0 Å². The highest BCUT2D eigenvalue weighted by molar-refractivity contribution is 4.73. The average Bonchev–Trinajstić information content (AvgIpc) is 2.71. The van der Waals surface area contributed by atoms with Gasteiger partial charge in [-0.1, -0.05) is 83.6 Å². The van der Waals surface area contributed by atoms with Crippen LogP contribution in [0.3, 0.4) is 0 Å². The van der Waals surface area contributed by atoms with Crippen LogP contribution in [0.5, 0.6) is 0 Å². The second kappa shape index (κ2) is 20.9. The molecular weight excluding hydrogens is 360 g/mol. The van der Waals surface area contributed by atoms with Crippen LogP contribution in [0, 0.1) is 5.92 Å². The summed E-state index contributed by atoms with van der Waals surface area (Å²) in [5.74, 6) is -0.541. The molecular formula is C26H52O3. The van der Waals surface area contributed by atoms with Gasteiger partial charge in [-0.2, -0.15) is 0 Å². The Bertz CT molecular complexity index is 326. The van der Waals surface area contributed by atoms with Gasteiger partial charge in [0, 0.05) is 25.7 Å². The number of hydrogen-bond acceptors (Lipinski definition) is 3. The summed E-state index contributed by atoms with van der Waals surface area (Å²) in [6, 6.07) is 0. The molecule has 0 spiro atoms. The Balaban J connectivity index is 4.64. The molecule has 0 aliphatic carbocycles. The first-order chi connectivity index (χ1) is 14.2. The number of ether oxygens (including phenoxy) is 3. The van der Waals surface area contributed by atoms with Crippen LogP contribution < -0.4 is 0 Å². The molecule has 0 saturated heterocycles. The van der Waals surface area contributed by atoms with Crippen molar-refractivity contribution in [2.75, 3.05) is 19.8 Å². The summed E-state index contributed by atoms with van der Waals surface area (Å²) in [7, 11) is 0. The van der Waals surface area contributed by atoms with Crippen molar-refractivity contribution in [2.24, 2.45) is 5.92 Å². The molecule has 0 aliphatic heterocycles. The van der Waals surface area contributed by atoms with Crippen molar-refractivity contribution in [1.82, 2.24) is 0 Å². The summed E-state index contributed by atoms with van der Waals surface area (Å²) < 4.78 is 18.4. The lowest BCUT2D eigenvalue weighted by atomic mass is 9.91. The molecule has 0 fully saturated rings. The highest BCUT2D eigenvalue weighted by Crippen LogP contribution is 2.34. The molecule has 0 aromatic carbocycles. The van der Waals surface area contributed by atoms with Gasteiger partial charge in [-0.25, -0.2) is 0 Å². The van der Waals surface area contributed by atoms with Gasteiger partial charge in [-0.3, -0.25) is 0 Å². The minimum Gasteiger partial charge on any atom is -0.328 e. The van der Waals surface area contributed by atoms with Gasteiger partial charge in [0.05, 0.1) is 0 Å². The Morgan fingerprint density at radius 2 is 1.03 bits per heavy atom. The van der Waals surface area contributed by atoms with Crippen LogP contribution in [0.1, 0.15) is 124 Å². The van der Waals surface area contributed by atoms with Gasteiger partial charge in [-0.15, -0.1) is 6.58 Å². The molecule has 0 aromatic rings. The van der Waals surface area contributed by atoms with Gasteiger partial charge < -0.3 is 14.2 Å². The van der Waals surface area contributed by atoms with Crippen LogP contribution in [0.2, 0.25) is 0 Å². The zero-order valence-electron chi connectivity index (χ0n) is 20.3. The quantitative estimate of drug-likeness (QED) is 0.0957. The Kier molecular flexibility index (Phi) is 20.6. The van der Waals surface area contributed by atoms with Gasteiger partial charge in [0.2, 0.25) is 0 Å². The van der Waals surface area contributed by atoms with Gasteiger partial charge in [-0.05, 0) is 46.5 Å². The summed E-state index contributed by atoms with van der Waals surface area (Å²) in [5, 5.41) is 0. The fraction of sp³-hybridized carbons (Fsp3) is 0.923. The minimum absolute atomic E-state index is 0.314. The van der Waals surface area contributed by atoms with Gasteiger partial charge in [0.1, 0.15) is 0 Å². The van der Waals surface area contributed by atoms with E-state index >= 15 is 0 Å². The molecule has 3 nitrogen and oxygen atoms in total. The van der Waals surface area contributed by atoms with Gasteiger partial charge in [0.15, 0.2) is 0 Å². The number of unbranched alkanes of at least 4 members (excludes halogenated alkanes) is 11. The maximum Gasteiger partial charge on any atom is 0.285 e. The Morgan fingerprint density at radius 3 is 1.45 bits per heavy atom. The number of rotatable bonds is 23. The molecule has 1 atom stereocenters. The number of allylic oxidation sites excluding steroid dienone is 1. The zero-order chi connectivity index (χ0) is 21.6. The highest BCUT2D eigenvalue weighted by Gasteiger charge is 2.41. The monoisotopic (exact) mass is 412 g/mol. The first kappa shape index (κ1) is 28.6. The summed E-state index contributed by atoms with van der Waals surface area (Å²) in [4.78, 5) is 0. The maximum atomic E-state index is 6.14. The van der Waals surface area contributed by atoms with Crippen LogP contribution in [0.15, 0.2) is 12.7 Å². The van der Waals surface area contributed by atoms with E-state index in [2.05, 4.69) is 13.5 Å². The van der Waals surface area contributed by atoms with Gasteiger partial charge in [0.25, 0.3) is 5.97 Å². The fourth-order valence-electron chi connectivity index (χ4n) is 4.14. The summed E-state index contributed by atoms with van der Waals surface area (Å²) >= 11 is 0. The molecule has 0 aromatic heterocycles. The summed E-state index contributed by atoms with van der Waals surface area (Å²) in [6.07, 6.45) is 21.2. The molecule has 29 heavy (non-hydrogen) atoms. The first-order valence-corrected chi connectivity index (χ1v) is 12.7. The molecule has 174 valence electrons. The van der Waals surface area contributed by atoms with E-state index < -0.39 is 5.97 Å². The van der Waals surface area contributed by atoms with Crippen LogP contribution in [0.4, 0.5) is 0 Å². The van der Waals surface area contributed by atoms with Crippen LogP contribution >= 0.6 is 0 Å². The standard InChI is InChI=1S/C26H52O3/c1-6-11-13-15-17-18-20-22-24-25(23-21-19-16-14-12-7-2)26(27-8-3,28-9-4)29-10-5/h6,25H,1,7-24H2,2-5H3. The lowest BCUT2D eigenvalue weighted by molar-refractivity contribution is -0.403. The average molecular weight is 413 g/mol. The topological polar surface area (TPSA) is 27.7 Å². The van der Waals surface area contributed by atoms with Crippen molar-refractivity contribution in [2.45, 2.75) is 130 Å². The Morgan fingerprint density at radius 1 is 0.621 bits per heavy atom. The molecule has 1 unspecified atom stereocenters. The van der Waals surface area contributed by atoms with E-state index in [1.807, 2.05) is 26.8 Å². The molecule has 0 saturated carbocycles. The molecule has 0 radical (unpaired) electrons. The third kappa shape index (κ3) is 14.3. The molecule has 0 rings (SSSR count). The second-order valence-electron chi connectivity index (χ2n) is 8.14. The highest BCUT2D eigenvalue weighted by atomic mass is 16.9. The fourth-order valence-corrected chi connectivity index (χ4v) is 4.14. The number of hydrogen-bond donors (Lipinski definition) is 0. The summed E-state index contributed by atoms with van der Waals surface area (Å²) in [5.41, 5.74) is 0. The smallest absolute Gasteiger partial charge is 0.285 e. The molecule has 0 heterocycles. The predicted octanol–water partition coefficient (Wildman–Crippen LogP) is 8.42. The molecule has 0 bridgehead atoms. The lowest BCUT2D eigenvalue weighted by Crippen LogP contribution is -2.46. The zero-order valence-corrected chi connectivity index (χ0v) is 20.3. The Labute approximate surface area is 183 Å². The summed E-state index contributed by atoms with van der Waals surface area (Å²) in [6.45, 7) is 14.1. The predicted molar refractivity (Wildman–Crippen MR) is 126 cm³/mol. The Hall–Kier alpha value is -0.380. The van der Waals surface area contributed by atoms with E-state index in [1.165, 1.54) is 77.0 Å². The van der Waals surface area contributed by atoms with E-state index in [0.717, 1.165) is 19.3 Å². The molecule has 0 amide bonds. The van der Waals surface area contributed by atoms with Gasteiger partial charge >= 0.3 is 0 Å². The van der Waals surface area contributed by atoms with Crippen molar-refractivity contribution in [3.05, 3.63) is 12.7 Å². The van der Waals surface area contributed by atoms with Crippen molar-refractivity contribution in [1.29, 1.82) is 0 Å². The normalized spacial score (nSPS) is 13.0. The van der Waals surface area contributed by atoms with E-state index in [0.29, 0.717) is 25.7 Å². The van der Waals surface area contributed by atoms with Crippen molar-refractivity contribution < 1.29 is 14.2 Å². The molecule has 3 heteroatoms. The van der Waals surface area contributed by atoms with E-state index in [4.69, 9.17) is 14.2 Å². The van der Waals surface area contributed by atoms with Crippen LogP contribution in [-0.4, -0.2) is 25.8 Å². The van der Waals surface area contributed by atoms with Crippen LogP contribution in [-0.2, 0) is 14.2 Å². The third-order valence-electron chi connectivity index (χ3n) is 5.65. The second-order valence-corrected chi connectivity index (χ2v) is 8.14. The molecule has 0 N–H and O–H groups in total. The maximum absolute atomic E-state index is 6.14. The third-order valence-corrected chi connectivity index (χ3v) is 5.65. The van der Waals surface area contributed by atoms with E-state index in [-0.39, 0.29) is 0 Å². The van der Waals surface area contributed by atoms with Crippen molar-refractivity contribution in [3.8, 4) is 0 Å². The first-order valence-electron chi connectivity index (χ1n) is 12.7.